The molecule has 8 nitrogen and oxygen atoms in total. The molecule has 0 amide bonds. The maximum absolute atomic E-state index is 13.7. The monoisotopic (exact) mass is 481 g/mol. The predicted octanol–water partition coefficient (Wildman–Crippen LogP) is 4.01. The van der Waals surface area contributed by atoms with Gasteiger partial charge in [0.1, 0.15) is 5.82 Å². The van der Waals surface area contributed by atoms with Crippen LogP contribution in [-0.4, -0.2) is 36.9 Å². The normalized spacial score (nSPS) is 15.1. The van der Waals surface area contributed by atoms with E-state index in [0.717, 1.165) is 35.8 Å². The van der Waals surface area contributed by atoms with Crippen molar-refractivity contribution in [3.8, 4) is 0 Å². The Balaban J connectivity index is 1.67. The highest BCUT2D eigenvalue weighted by molar-refractivity contribution is 6.31. The number of ether oxygens (including phenoxy) is 1. The molecule has 0 N–H and O–H groups in total. The summed E-state index contributed by atoms with van der Waals surface area (Å²) < 4.78 is 11.1. The van der Waals surface area contributed by atoms with Crippen LogP contribution in [0.4, 0.5) is 0 Å². The number of hydrogen-bond donors (Lipinski definition) is 0. The smallest absolute Gasteiger partial charge is 0.329 e. The number of halogens is 1. The third kappa shape index (κ3) is 4.16. The molecule has 0 spiro atoms. The second-order valence-corrected chi connectivity index (χ2v) is 9.71. The van der Waals surface area contributed by atoms with Crippen molar-refractivity contribution in [2.24, 2.45) is 5.92 Å². The van der Waals surface area contributed by atoms with Gasteiger partial charge in [0.2, 0.25) is 0 Å². The van der Waals surface area contributed by atoms with Crippen LogP contribution < -0.4 is 11.2 Å². The highest BCUT2D eigenvalue weighted by atomic mass is 35.5. The molecule has 9 heteroatoms. The largest absolute Gasteiger partial charge is 0.381 e. The zero-order valence-electron chi connectivity index (χ0n) is 19.4. The summed E-state index contributed by atoms with van der Waals surface area (Å²) in [6.07, 6.45) is 5.91. The Kier molecular flexibility index (Phi) is 6.27. The first-order chi connectivity index (χ1) is 16.4. The highest BCUT2D eigenvalue weighted by Gasteiger charge is 2.24. The van der Waals surface area contributed by atoms with E-state index >= 15 is 0 Å². The van der Waals surface area contributed by atoms with Crippen molar-refractivity contribution in [3.63, 3.8) is 0 Å². The van der Waals surface area contributed by atoms with Crippen molar-refractivity contribution in [2.45, 2.75) is 52.2 Å². The van der Waals surface area contributed by atoms with Gasteiger partial charge in [-0.2, -0.15) is 4.98 Å². The maximum Gasteiger partial charge on any atom is 0.329 e. The summed E-state index contributed by atoms with van der Waals surface area (Å²) >= 11 is 6.16. The van der Waals surface area contributed by atoms with Crippen LogP contribution in [0.3, 0.4) is 0 Å². The van der Waals surface area contributed by atoms with E-state index in [1.165, 1.54) is 0 Å². The number of imidazole rings is 1. The molecule has 1 saturated heterocycles. The minimum Gasteiger partial charge on any atom is -0.381 e. The van der Waals surface area contributed by atoms with Gasteiger partial charge in [0.25, 0.3) is 5.56 Å². The Morgan fingerprint density at radius 3 is 2.65 bits per heavy atom. The van der Waals surface area contributed by atoms with E-state index in [4.69, 9.17) is 16.3 Å². The third-order valence-corrected chi connectivity index (χ3v) is 6.81. The molecule has 0 unspecified atom stereocenters. The van der Waals surface area contributed by atoms with E-state index in [-0.39, 0.29) is 23.8 Å². The molecule has 4 aromatic rings. The lowest BCUT2D eigenvalue weighted by Crippen LogP contribution is -2.32. The molecule has 1 aromatic carbocycles. The van der Waals surface area contributed by atoms with Crippen molar-refractivity contribution in [3.05, 3.63) is 68.3 Å². The quantitative estimate of drug-likeness (QED) is 0.415. The fraction of sp³-hybridized carbons (Fsp3) is 0.440. The number of aryl methyl sites for hydroxylation is 1. The first kappa shape index (κ1) is 22.8. The van der Waals surface area contributed by atoms with Crippen molar-refractivity contribution in [2.75, 3.05) is 13.2 Å². The number of rotatable bonds is 6. The standard InChI is InChI=1S/C25H28ClN5O3/c1-16(2)6-10-29-20-4-3-17(26)13-19(20)24(32)28-23(29)15-30-22-14-27-9-5-21(22)31(25(30)33)18-7-11-34-12-8-18/h3-5,9,13-14,16,18H,6-8,10-12,15H2,1-2H3. The first-order valence-electron chi connectivity index (χ1n) is 11.8. The third-order valence-electron chi connectivity index (χ3n) is 6.57. The number of fused-ring (bicyclic) bond motifs is 2. The summed E-state index contributed by atoms with van der Waals surface area (Å²) in [4.78, 5) is 35.3. The second kappa shape index (κ2) is 9.35. The lowest BCUT2D eigenvalue weighted by Gasteiger charge is -2.23. The molecular formula is C25H28ClN5O3. The topological polar surface area (TPSA) is 83.9 Å². The molecule has 178 valence electrons. The molecule has 0 aliphatic carbocycles. The number of pyridine rings is 1. The molecule has 1 fully saturated rings. The van der Waals surface area contributed by atoms with Crippen LogP contribution in [0.2, 0.25) is 5.02 Å². The van der Waals surface area contributed by atoms with Crippen LogP contribution in [0, 0.1) is 5.92 Å². The van der Waals surface area contributed by atoms with E-state index in [1.54, 1.807) is 29.1 Å². The van der Waals surface area contributed by atoms with E-state index in [0.29, 0.717) is 41.9 Å². The Hall–Kier alpha value is -2.97. The molecular weight excluding hydrogens is 454 g/mol. The summed E-state index contributed by atoms with van der Waals surface area (Å²) in [5.74, 6) is 1.02. The molecule has 3 aromatic heterocycles. The molecule has 0 bridgehead atoms. The van der Waals surface area contributed by atoms with Crippen LogP contribution in [0.25, 0.3) is 21.9 Å². The average Bonchev–Trinajstić information content (AvgIpc) is 3.11. The summed E-state index contributed by atoms with van der Waals surface area (Å²) in [5, 5.41) is 0.982. The van der Waals surface area contributed by atoms with Crippen molar-refractivity contribution < 1.29 is 4.74 Å². The van der Waals surface area contributed by atoms with Crippen LogP contribution in [0.15, 0.2) is 46.2 Å². The number of nitrogens with zero attached hydrogens (tertiary/aromatic N) is 5. The molecule has 0 atom stereocenters. The summed E-state index contributed by atoms with van der Waals surface area (Å²) in [7, 11) is 0. The average molecular weight is 482 g/mol. The summed E-state index contributed by atoms with van der Waals surface area (Å²) in [6.45, 7) is 6.46. The van der Waals surface area contributed by atoms with Crippen LogP contribution in [0.1, 0.15) is 45.0 Å². The lowest BCUT2D eigenvalue weighted by molar-refractivity contribution is 0.0696. The molecule has 1 aliphatic heterocycles. The molecule has 0 saturated carbocycles. The highest BCUT2D eigenvalue weighted by Crippen LogP contribution is 2.25. The molecule has 4 heterocycles. The van der Waals surface area contributed by atoms with Crippen molar-refractivity contribution in [1.29, 1.82) is 0 Å². The van der Waals surface area contributed by atoms with E-state index in [2.05, 4.69) is 23.8 Å². The molecule has 34 heavy (non-hydrogen) atoms. The second-order valence-electron chi connectivity index (χ2n) is 9.28. The van der Waals surface area contributed by atoms with Crippen molar-refractivity contribution >= 4 is 33.5 Å². The number of hydrogen-bond acceptors (Lipinski definition) is 5. The van der Waals surface area contributed by atoms with Crippen LogP contribution in [0.5, 0.6) is 0 Å². The molecule has 0 radical (unpaired) electrons. The Morgan fingerprint density at radius 1 is 1.09 bits per heavy atom. The Bertz CT molecular complexity index is 1460. The van der Waals surface area contributed by atoms with Gasteiger partial charge in [0.05, 0.1) is 34.7 Å². The van der Waals surface area contributed by atoms with Gasteiger partial charge in [-0.15, -0.1) is 0 Å². The zero-order valence-corrected chi connectivity index (χ0v) is 20.2. The van der Waals surface area contributed by atoms with E-state index in [9.17, 15) is 9.59 Å². The fourth-order valence-electron chi connectivity index (χ4n) is 4.77. The van der Waals surface area contributed by atoms with Gasteiger partial charge in [-0.25, -0.2) is 4.79 Å². The van der Waals surface area contributed by atoms with Gasteiger partial charge in [0.15, 0.2) is 0 Å². The lowest BCUT2D eigenvalue weighted by atomic mass is 10.1. The Labute approximate surface area is 201 Å². The van der Waals surface area contributed by atoms with E-state index in [1.807, 2.05) is 21.3 Å². The minimum atomic E-state index is -0.340. The van der Waals surface area contributed by atoms with Crippen LogP contribution in [-0.2, 0) is 17.8 Å². The first-order valence-corrected chi connectivity index (χ1v) is 12.1. The van der Waals surface area contributed by atoms with Gasteiger partial charge in [-0.1, -0.05) is 25.4 Å². The van der Waals surface area contributed by atoms with E-state index < -0.39 is 0 Å². The minimum absolute atomic E-state index is 0.0715. The van der Waals surface area contributed by atoms with Gasteiger partial charge >= 0.3 is 5.69 Å². The molecule has 5 rings (SSSR count). The van der Waals surface area contributed by atoms with Gasteiger partial charge in [-0.05, 0) is 49.4 Å². The summed E-state index contributed by atoms with van der Waals surface area (Å²) in [6, 6.07) is 7.26. The fourth-order valence-corrected chi connectivity index (χ4v) is 4.94. The maximum atomic E-state index is 13.7. The predicted molar refractivity (Wildman–Crippen MR) is 133 cm³/mol. The van der Waals surface area contributed by atoms with Gasteiger partial charge in [-0.3, -0.25) is 18.9 Å². The number of benzene rings is 1. The SMILES string of the molecule is CC(C)CCn1c(Cn2c(=O)n(C3CCOCC3)c3ccncc32)nc(=O)c2cc(Cl)ccc21. The van der Waals surface area contributed by atoms with Gasteiger partial charge < -0.3 is 9.30 Å². The van der Waals surface area contributed by atoms with Crippen molar-refractivity contribution in [1.82, 2.24) is 23.7 Å². The molecule has 1 aliphatic rings. The van der Waals surface area contributed by atoms with Crippen LogP contribution >= 0.6 is 11.6 Å². The number of aromatic nitrogens is 5. The summed E-state index contributed by atoms with van der Waals surface area (Å²) in [5.41, 5.74) is 1.90. The Morgan fingerprint density at radius 2 is 1.88 bits per heavy atom. The van der Waals surface area contributed by atoms with Gasteiger partial charge in [0, 0.05) is 37.0 Å². The zero-order chi connectivity index (χ0) is 23.8.